The lowest BCUT2D eigenvalue weighted by molar-refractivity contribution is 0.138. The SMILES string of the molecule is Cc1ccc(OC2CCC(NS(=O)(=O)c3cnoc3)CC2)nc1. The van der Waals surface area contributed by atoms with Gasteiger partial charge in [-0.3, -0.25) is 0 Å². The standard InChI is InChI=1S/C15H19N3O4S/c1-11-2-7-15(16-8-11)22-13-5-3-12(4-6-13)18-23(19,20)14-9-17-21-10-14/h2,7-10,12-13,18H,3-6H2,1H3. The fourth-order valence-electron chi connectivity index (χ4n) is 2.61. The molecule has 0 amide bonds. The number of aryl methyl sites for hydroxylation is 1. The van der Waals surface area contributed by atoms with Gasteiger partial charge in [-0.2, -0.15) is 0 Å². The van der Waals surface area contributed by atoms with Crippen molar-refractivity contribution in [1.29, 1.82) is 0 Å². The van der Waals surface area contributed by atoms with Crippen LogP contribution >= 0.6 is 0 Å². The van der Waals surface area contributed by atoms with Gasteiger partial charge in [0.1, 0.15) is 17.3 Å². The van der Waals surface area contributed by atoms with Crippen molar-refractivity contribution < 1.29 is 17.7 Å². The number of aromatic nitrogens is 2. The number of hydrogen-bond donors (Lipinski definition) is 1. The highest BCUT2D eigenvalue weighted by Crippen LogP contribution is 2.24. The molecule has 0 atom stereocenters. The molecule has 1 fully saturated rings. The number of hydrogen-bond acceptors (Lipinski definition) is 6. The first kappa shape index (κ1) is 15.9. The Morgan fingerprint density at radius 1 is 1.22 bits per heavy atom. The zero-order valence-corrected chi connectivity index (χ0v) is 13.6. The molecular weight excluding hydrogens is 318 g/mol. The number of nitrogens with one attached hydrogen (secondary N) is 1. The molecule has 0 unspecified atom stereocenters. The van der Waals surface area contributed by atoms with Crippen molar-refractivity contribution in [1.82, 2.24) is 14.9 Å². The number of sulfonamides is 1. The van der Waals surface area contributed by atoms with E-state index >= 15 is 0 Å². The first-order valence-corrected chi connectivity index (χ1v) is 9.02. The van der Waals surface area contributed by atoms with Crippen LogP contribution in [0.5, 0.6) is 5.88 Å². The number of nitrogens with zero attached hydrogens (tertiary/aromatic N) is 2. The van der Waals surface area contributed by atoms with E-state index < -0.39 is 10.0 Å². The van der Waals surface area contributed by atoms with E-state index in [1.165, 1.54) is 6.20 Å². The van der Waals surface area contributed by atoms with Crippen molar-refractivity contribution in [3.63, 3.8) is 0 Å². The summed E-state index contributed by atoms with van der Waals surface area (Å²) >= 11 is 0. The van der Waals surface area contributed by atoms with Crippen molar-refractivity contribution in [2.24, 2.45) is 0 Å². The summed E-state index contributed by atoms with van der Waals surface area (Å²) in [4.78, 5) is 4.29. The Labute approximate surface area is 135 Å². The first-order valence-electron chi connectivity index (χ1n) is 7.54. The second kappa shape index (κ2) is 6.67. The van der Waals surface area contributed by atoms with E-state index in [1.807, 2.05) is 19.1 Å². The predicted octanol–water partition coefficient (Wildman–Crippen LogP) is 2.05. The van der Waals surface area contributed by atoms with Gasteiger partial charge >= 0.3 is 0 Å². The molecule has 23 heavy (non-hydrogen) atoms. The number of ether oxygens (including phenoxy) is 1. The van der Waals surface area contributed by atoms with Gasteiger partial charge in [0.2, 0.25) is 15.9 Å². The van der Waals surface area contributed by atoms with E-state index in [4.69, 9.17) is 4.74 Å². The predicted molar refractivity (Wildman–Crippen MR) is 82.5 cm³/mol. The van der Waals surface area contributed by atoms with Crippen molar-refractivity contribution in [3.05, 3.63) is 36.4 Å². The molecule has 0 bridgehead atoms. The Hall–Kier alpha value is -1.93. The van der Waals surface area contributed by atoms with Crippen molar-refractivity contribution in [2.75, 3.05) is 0 Å². The monoisotopic (exact) mass is 337 g/mol. The van der Waals surface area contributed by atoms with Crippen LogP contribution in [0.3, 0.4) is 0 Å². The van der Waals surface area contributed by atoms with Gasteiger partial charge in [0.15, 0.2) is 0 Å². The summed E-state index contributed by atoms with van der Waals surface area (Å²) in [6.45, 7) is 1.98. The lowest BCUT2D eigenvalue weighted by atomic mass is 9.94. The zero-order chi connectivity index (χ0) is 16.3. The molecule has 1 aliphatic rings. The fourth-order valence-corrected chi connectivity index (χ4v) is 3.77. The smallest absolute Gasteiger partial charge is 0.245 e. The summed E-state index contributed by atoms with van der Waals surface area (Å²) < 4.78 is 37.4. The molecule has 0 saturated heterocycles. The van der Waals surface area contributed by atoms with Crippen molar-refractivity contribution in [2.45, 2.75) is 49.6 Å². The molecule has 1 aliphatic carbocycles. The molecule has 0 spiro atoms. The van der Waals surface area contributed by atoms with Gasteiger partial charge in [0, 0.05) is 18.3 Å². The third-order valence-electron chi connectivity index (χ3n) is 3.89. The molecule has 1 saturated carbocycles. The lowest BCUT2D eigenvalue weighted by Gasteiger charge is -2.28. The average molecular weight is 337 g/mol. The summed E-state index contributed by atoms with van der Waals surface area (Å²) in [7, 11) is -3.56. The van der Waals surface area contributed by atoms with Crippen LogP contribution in [0, 0.1) is 6.92 Å². The summed E-state index contributed by atoms with van der Waals surface area (Å²) in [6.07, 6.45) is 7.18. The minimum atomic E-state index is -3.56. The van der Waals surface area contributed by atoms with Crippen LogP contribution in [0.15, 0.2) is 40.2 Å². The molecule has 7 nitrogen and oxygen atoms in total. The van der Waals surface area contributed by atoms with Gasteiger partial charge in [-0.15, -0.1) is 0 Å². The van der Waals surface area contributed by atoms with E-state index in [1.54, 1.807) is 6.20 Å². The third-order valence-corrected chi connectivity index (χ3v) is 5.35. The average Bonchev–Trinajstić information content (AvgIpc) is 3.07. The fraction of sp³-hybridized carbons (Fsp3) is 0.467. The normalized spacial score (nSPS) is 22.0. The molecule has 0 aliphatic heterocycles. The molecule has 0 radical (unpaired) electrons. The Kier molecular flexibility index (Phi) is 4.63. The van der Waals surface area contributed by atoms with Gasteiger partial charge in [-0.25, -0.2) is 18.1 Å². The molecule has 124 valence electrons. The van der Waals surface area contributed by atoms with E-state index in [0.29, 0.717) is 5.88 Å². The van der Waals surface area contributed by atoms with Crippen LogP contribution < -0.4 is 9.46 Å². The van der Waals surface area contributed by atoms with Crippen LogP contribution in [-0.4, -0.2) is 30.7 Å². The highest BCUT2D eigenvalue weighted by atomic mass is 32.2. The van der Waals surface area contributed by atoms with Crippen LogP contribution in [-0.2, 0) is 10.0 Å². The second-order valence-electron chi connectivity index (χ2n) is 5.75. The third kappa shape index (κ3) is 4.08. The van der Waals surface area contributed by atoms with Gasteiger partial charge in [0.25, 0.3) is 0 Å². The van der Waals surface area contributed by atoms with Crippen LogP contribution in [0.1, 0.15) is 31.2 Å². The maximum absolute atomic E-state index is 12.1. The van der Waals surface area contributed by atoms with Gasteiger partial charge in [-0.05, 0) is 38.2 Å². The number of rotatable bonds is 5. The Balaban J connectivity index is 1.51. The molecule has 0 aromatic carbocycles. The highest BCUT2D eigenvalue weighted by molar-refractivity contribution is 7.89. The first-order chi connectivity index (χ1) is 11.0. The molecule has 2 aromatic rings. The van der Waals surface area contributed by atoms with Crippen LogP contribution in [0.2, 0.25) is 0 Å². The minimum absolute atomic E-state index is 0.0553. The minimum Gasteiger partial charge on any atom is -0.474 e. The van der Waals surface area contributed by atoms with E-state index in [0.717, 1.165) is 37.5 Å². The molecule has 2 aromatic heterocycles. The second-order valence-corrected chi connectivity index (χ2v) is 7.46. The summed E-state index contributed by atoms with van der Waals surface area (Å²) in [5, 5.41) is 3.43. The van der Waals surface area contributed by atoms with E-state index in [2.05, 4.69) is 19.4 Å². The molecule has 2 heterocycles. The Bertz CT molecular complexity index is 721. The quantitative estimate of drug-likeness (QED) is 0.897. The molecule has 3 rings (SSSR count). The number of pyridine rings is 1. The lowest BCUT2D eigenvalue weighted by Crippen LogP contribution is -2.39. The van der Waals surface area contributed by atoms with Gasteiger partial charge < -0.3 is 9.26 Å². The van der Waals surface area contributed by atoms with E-state index in [-0.39, 0.29) is 17.0 Å². The summed E-state index contributed by atoms with van der Waals surface area (Å²) in [6, 6.07) is 3.72. The summed E-state index contributed by atoms with van der Waals surface area (Å²) in [5.74, 6) is 0.615. The summed E-state index contributed by atoms with van der Waals surface area (Å²) in [5.41, 5.74) is 1.09. The topological polar surface area (TPSA) is 94.3 Å². The van der Waals surface area contributed by atoms with Crippen LogP contribution in [0.25, 0.3) is 0 Å². The molecule has 1 N–H and O–H groups in total. The largest absolute Gasteiger partial charge is 0.474 e. The molecule has 8 heteroatoms. The maximum atomic E-state index is 12.1. The zero-order valence-electron chi connectivity index (χ0n) is 12.8. The van der Waals surface area contributed by atoms with Gasteiger partial charge in [-0.1, -0.05) is 11.2 Å². The Morgan fingerprint density at radius 2 is 2.00 bits per heavy atom. The molecular formula is C15H19N3O4S. The van der Waals surface area contributed by atoms with Gasteiger partial charge in [0.05, 0.1) is 6.20 Å². The highest BCUT2D eigenvalue weighted by Gasteiger charge is 2.27. The van der Waals surface area contributed by atoms with Crippen molar-refractivity contribution >= 4 is 10.0 Å². The van der Waals surface area contributed by atoms with Crippen molar-refractivity contribution in [3.8, 4) is 5.88 Å². The van der Waals surface area contributed by atoms with E-state index in [9.17, 15) is 8.42 Å². The van der Waals surface area contributed by atoms with Crippen LogP contribution in [0.4, 0.5) is 0 Å². The maximum Gasteiger partial charge on any atom is 0.245 e. The Morgan fingerprint density at radius 3 is 2.61 bits per heavy atom.